The fraction of sp³-hybridized carbons (Fsp3) is 0.105. The second-order valence-corrected chi connectivity index (χ2v) is 6.00. The van der Waals surface area contributed by atoms with Gasteiger partial charge in [0.25, 0.3) is 5.91 Å². The number of nitriles is 1. The van der Waals surface area contributed by atoms with Gasteiger partial charge in [-0.25, -0.2) is 0 Å². The van der Waals surface area contributed by atoms with Crippen LogP contribution in [0.25, 0.3) is 0 Å². The summed E-state index contributed by atoms with van der Waals surface area (Å²) >= 11 is 1.58. The fourth-order valence-corrected chi connectivity index (χ4v) is 2.96. The van der Waals surface area contributed by atoms with Crippen molar-refractivity contribution >= 4 is 22.9 Å². The molecule has 0 bridgehead atoms. The van der Waals surface area contributed by atoms with E-state index in [4.69, 9.17) is 10.00 Å². The van der Waals surface area contributed by atoms with Gasteiger partial charge in [0.1, 0.15) is 11.8 Å². The summed E-state index contributed by atoms with van der Waals surface area (Å²) in [6, 6.07) is 14.5. The summed E-state index contributed by atoms with van der Waals surface area (Å²) in [7, 11) is 0. The van der Waals surface area contributed by atoms with Crippen LogP contribution in [0.4, 0.5) is 5.69 Å². The third-order valence-corrected chi connectivity index (χ3v) is 4.27. The second-order valence-electron chi connectivity index (χ2n) is 5.22. The average Bonchev–Trinajstić information content (AvgIpc) is 3.18. The van der Waals surface area contributed by atoms with Crippen LogP contribution in [-0.2, 0) is 11.3 Å². The van der Waals surface area contributed by atoms with E-state index in [9.17, 15) is 4.79 Å². The number of para-hydroxylation sites is 1. The number of pyridine rings is 1. The summed E-state index contributed by atoms with van der Waals surface area (Å²) in [5.74, 6) is 0.201. The molecule has 25 heavy (non-hydrogen) atoms. The van der Waals surface area contributed by atoms with E-state index in [-0.39, 0.29) is 12.5 Å². The molecule has 0 spiro atoms. The van der Waals surface area contributed by atoms with Crippen molar-refractivity contribution in [3.8, 4) is 11.8 Å². The van der Waals surface area contributed by atoms with Crippen molar-refractivity contribution < 1.29 is 9.53 Å². The molecule has 0 N–H and O–H groups in total. The zero-order chi connectivity index (χ0) is 17.5. The number of ether oxygens (including phenoxy) is 1. The second kappa shape index (κ2) is 8.08. The minimum Gasteiger partial charge on any atom is -0.482 e. The van der Waals surface area contributed by atoms with Crippen LogP contribution in [0.3, 0.4) is 0 Å². The molecular weight excluding hydrogens is 334 g/mol. The lowest BCUT2D eigenvalue weighted by atomic mass is 10.2. The third-order valence-electron chi connectivity index (χ3n) is 3.54. The Morgan fingerprint density at radius 2 is 2.12 bits per heavy atom. The molecule has 5 nitrogen and oxygen atoms in total. The Morgan fingerprint density at radius 3 is 2.84 bits per heavy atom. The third kappa shape index (κ3) is 4.22. The number of carbonyl (C=O) groups excluding carboxylic acids is 1. The monoisotopic (exact) mass is 349 g/mol. The van der Waals surface area contributed by atoms with Gasteiger partial charge in [-0.15, -0.1) is 0 Å². The molecule has 0 aliphatic rings. The summed E-state index contributed by atoms with van der Waals surface area (Å²) in [6.07, 6.45) is 3.31. The molecule has 0 fully saturated rings. The highest BCUT2D eigenvalue weighted by molar-refractivity contribution is 7.07. The van der Waals surface area contributed by atoms with Crippen molar-refractivity contribution in [1.82, 2.24) is 4.98 Å². The van der Waals surface area contributed by atoms with Crippen LogP contribution >= 0.6 is 11.3 Å². The van der Waals surface area contributed by atoms with Crippen LogP contribution in [0.1, 0.15) is 11.1 Å². The Morgan fingerprint density at radius 1 is 1.24 bits per heavy atom. The fourth-order valence-electron chi connectivity index (χ4n) is 2.30. The number of anilines is 1. The first-order valence-corrected chi connectivity index (χ1v) is 8.55. The van der Waals surface area contributed by atoms with Crippen molar-refractivity contribution in [3.05, 3.63) is 76.7 Å². The summed E-state index contributed by atoms with van der Waals surface area (Å²) < 4.78 is 5.58. The molecule has 3 rings (SSSR count). The van der Waals surface area contributed by atoms with Gasteiger partial charge in [-0.3, -0.25) is 9.78 Å². The number of aromatic nitrogens is 1. The van der Waals surface area contributed by atoms with Gasteiger partial charge in [0.15, 0.2) is 6.61 Å². The van der Waals surface area contributed by atoms with Crippen LogP contribution in [0, 0.1) is 11.3 Å². The van der Waals surface area contributed by atoms with Crippen LogP contribution in [0.5, 0.6) is 5.75 Å². The van der Waals surface area contributed by atoms with Crippen LogP contribution in [-0.4, -0.2) is 17.5 Å². The van der Waals surface area contributed by atoms with Crippen LogP contribution in [0.15, 0.2) is 65.6 Å². The van der Waals surface area contributed by atoms with Gasteiger partial charge in [0.05, 0.1) is 24.0 Å². The quantitative estimate of drug-likeness (QED) is 0.682. The van der Waals surface area contributed by atoms with Crippen molar-refractivity contribution in [2.24, 2.45) is 0 Å². The molecule has 124 valence electrons. The molecule has 2 heterocycles. The molecular formula is C19H15N3O2S. The largest absolute Gasteiger partial charge is 0.482 e. The van der Waals surface area contributed by atoms with E-state index in [1.807, 2.05) is 22.9 Å². The Labute approximate surface area is 149 Å². The number of thiophene rings is 1. The molecule has 0 saturated heterocycles. The maximum Gasteiger partial charge on any atom is 0.265 e. The Hall–Kier alpha value is -3.17. The van der Waals surface area contributed by atoms with E-state index in [2.05, 4.69) is 11.1 Å². The van der Waals surface area contributed by atoms with Gasteiger partial charge in [-0.05, 0) is 46.7 Å². The number of nitrogens with zero attached hydrogens (tertiary/aromatic N) is 3. The first-order chi connectivity index (χ1) is 12.3. The molecule has 1 amide bonds. The van der Waals surface area contributed by atoms with E-state index < -0.39 is 0 Å². The standard InChI is InChI=1S/C19H15N3O2S/c20-10-16-4-1-2-6-18(16)24-13-19(23)22(12-15-7-9-25-14-15)17-5-3-8-21-11-17/h1-9,11,14H,12-13H2. The van der Waals surface area contributed by atoms with E-state index in [1.165, 1.54) is 0 Å². The Balaban J connectivity index is 1.76. The maximum absolute atomic E-state index is 12.7. The van der Waals surface area contributed by atoms with Crippen LogP contribution in [0.2, 0.25) is 0 Å². The maximum atomic E-state index is 12.7. The number of benzene rings is 1. The highest BCUT2D eigenvalue weighted by atomic mass is 32.1. The minimum absolute atomic E-state index is 0.155. The summed E-state index contributed by atoms with van der Waals surface area (Å²) in [5.41, 5.74) is 2.15. The first-order valence-electron chi connectivity index (χ1n) is 7.61. The molecule has 3 aromatic rings. The molecule has 0 atom stereocenters. The zero-order valence-corrected chi connectivity index (χ0v) is 14.1. The zero-order valence-electron chi connectivity index (χ0n) is 13.3. The number of hydrogen-bond acceptors (Lipinski definition) is 5. The van der Waals surface area contributed by atoms with Crippen molar-refractivity contribution in [3.63, 3.8) is 0 Å². The number of carbonyl (C=O) groups is 1. The summed E-state index contributed by atoms with van der Waals surface area (Å²) in [4.78, 5) is 18.5. The number of amides is 1. The van der Waals surface area contributed by atoms with E-state index in [0.29, 0.717) is 23.5 Å². The lowest BCUT2D eigenvalue weighted by Gasteiger charge is -2.22. The summed E-state index contributed by atoms with van der Waals surface area (Å²) in [6.45, 7) is 0.287. The molecule has 0 aliphatic carbocycles. The molecule has 6 heteroatoms. The van der Waals surface area contributed by atoms with Crippen molar-refractivity contribution in [1.29, 1.82) is 5.26 Å². The number of hydrogen-bond donors (Lipinski definition) is 0. The van der Waals surface area contributed by atoms with Gasteiger partial charge in [-0.1, -0.05) is 12.1 Å². The van der Waals surface area contributed by atoms with Gasteiger partial charge >= 0.3 is 0 Å². The topological polar surface area (TPSA) is 66.2 Å². The van der Waals surface area contributed by atoms with Gasteiger partial charge in [-0.2, -0.15) is 16.6 Å². The lowest BCUT2D eigenvalue weighted by molar-refractivity contribution is -0.120. The van der Waals surface area contributed by atoms with E-state index in [1.54, 1.807) is 59.0 Å². The van der Waals surface area contributed by atoms with Crippen LogP contribution < -0.4 is 9.64 Å². The average molecular weight is 349 g/mol. The lowest BCUT2D eigenvalue weighted by Crippen LogP contribution is -2.34. The summed E-state index contributed by atoms with van der Waals surface area (Å²) in [5, 5.41) is 13.1. The SMILES string of the molecule is N#Cc1ccccc1OCC(=O)N(Cc1ccsc1)c1cccnc1. The molecule has 0 unspecified atom stereocenters. The minimum atomic E-state index is -0.202. The van der Waals surface area contributed by atoms with Crippen molar-refractivity contribution in [2.45, 2.75) is 6.54 Å². The smallest absolute Gasteiger partial charge is 0.265 e. The molecule has 0 aliphatic heterocycles. The first kappa shape index (κ1) is 16.7. The Bertz CT molecular complexity index is 873. The van der Waals surface area contributed by atoms with E-state index >= 15 is 0 Å². The molecule has 0 radical (unpaired) electrons. The highest BCUT2D eigenvalue weighted by Crippen LogP contribution is 2.20. The number of rotatable bonds is 6. The highest BCUT2D eigenvalue weighted by Gasteiger charge is 2.18. The van der Waals surface area contributed by atoms with Gasteiger partial charge in [0.2, 0.25) is 0 Å². The molecule has 1 aromatic carbocycles. The van der Waals surface area contributed by atoms with Gasteiger partial charge in [0, 0.05) is 6.20 Å². The molecule has 2 aromatic heterocycles. The molecule has 0 saturated carbocycles. The van der Waals surface area contributed by atoms with Gasteiger partial charge < -0.3 is 9.64 Å². The van der Waals surface area contributed by atoms with E-state index in [0.717, 1.165) is 5.56 Å². The van der Waals surface area contributed by atoms with Crippen molar-refractivity contribution in [2.75, 3.05) is 11.5 Å². The predicted octanol–water partition coefficient (Wildman–Crippen LogP) is 3.63. The normalized spacial score (nSPS) is 10.0. The Kier molecular flexibility index (Phi) is 5.39. The predicted molar refractivity (Wildman–Crippen MR) is 96.4 cm³/mol.